The van der Waals surface area contributed by atoms with Crippen molar-refractivity contribution < 1.29 is 19.2 Å². The smallest absolute Gasteiger partial charge is 0.337 e. The van der Waals surface area contributed by atoms with E-state index in [0.29, 0.717) is 11.8 Å². The molecule has 0 heterocycles. The Balaban J connectivity index is 3.47. The highest BCUT2D eigenvalue weighted by atomic mass is 79.9. The minimum absolute atomic E-state index is 0.116. The molecule has 0 aliphatic carbocycles. The molecule has 0 aromatic heterocycles. The van der Waals surface area contributed by atoms with E-state index in [1.54, 1.807) is 31.2 Å². The van der Waals surface area contributed by atoms with Gasteiger partial charge in [-0.3, -0.25) is 10.1 Å². The fraction of sp³-hybridized carbons (Fsp3) is 0.412. The summed E-state index contributed by atoms with van der Waals surface area (Å²) in [6.07, 6.45) is 1.58. The summed E-state index contributed by atoms with van der Waals surface area (Å²) in [7, 11) is 0. The summed E-state index contributed by atoms with van der Waals surface area (Å²) in [6.45, 7) is 5.36. The summed E-state index contributed by atoms with van der Waals surface area (Å²) < 4.78 is 5.60. The van der Waals surface area contributed by atoms with Gasteiger partial charge in [-0.2, -0.15) is 0 Å². The lowest BCUT2D eigenvalue weighted by Crippen LogP contribution is -2.25. The van der Waals surface area contributed by atoms with E-state index in [-0.39, 0.29) is 18.2 Å². The van der Waals surface area contributed by atoms with Crippen LogP contribution in [-0.4, -0.2) is 23.8 Å². The van der Waals surface area contributed by atoms with Gasteiger partial charge in [-0.05, 0) is 30.5 Å². The van der Waals surface area contributed by atoms with Gasteiger partial charge in [0.1, 0.15) is 6.29 Å². The second-order valence-electron chi connectivity index (χ2n) is 5.57. The zero-order valence-corrected chi connectivity index (χ0v) is 15.4. The second-order valence-corrected chi connectivity index (χ2v) is 6.48. The van der Waals surface area contributed by atoms with E-state index in [1.165, 1.54) is 0 Å². The molecule has 6 nitrogen and oxygen atoms in total. The summed E-state index contributed by atoms with van der Waals surface area (Å²) in [5, 5.41) is 11.6. The first-order valence-corrected chi connectivity index (χ1v) is 8.34. The van der Waals surface area contributed by atoms with E-state index < -0.39 is 22.7 Å². The molecule has 0 N–H and O–H groups in total. The number of carbonyl (C=O) groups excluding carboxylic acids is 2. The minimum atomic E-state index is -0.838. The van der Waals surface area contributed by atoms with Crippen LogP contribution in [0, 0.1) is 22.0 Å². The highest BCUT2D eigenvalue weighted by Crippen LogP contribution is 2.36. The first kappa shape index (κ1) is 20.0. The van der Waals surface area contributed by atoms with Crippen molar-refractivity contribution in [1.82, 2.24) is 0 Å². The van der Waals surface area contributed by atoms with Gasteiger partial charge >= 0.3 is 5.97 Å². The third kappa shape index (κ3) is 5.26. The molecule has 1 rings (SSSR count). The number of esters is 1. The Labute approximate surface area is 149 Å². The quantitative estimate of drug-likeness (QED) is 0.219. The zero-order valence-electron chi connectivity index (χ0n) is 13.8. The normalized spacial score (nSPS) is 14.1. The van der Waals surface area contributed by atoms with Gasteiger partial charge in [-0.15, -0.1) is 0 Å². The molecule has 0 fully saturated rings. The number of carbonyl (C=O) groups is 2. The Morgan fingerprint density at radius 2 is 1.92 bits per heavy atom. The first-order chi connectivity index (χ1) is 11.3. The summed E-state index contributed by atoms with van der Waals surface area (Å²) in [5.74, 6) is -2.41. The molecule has 0 unspecified atom stereocenters. The summed E-state index contributed by atoms with van der Waals surface area (Å²) in [6, 6.07) is 6.89. The van der Waals surface area contributed by atoms with Crippen molar-refractivity contribution in [3.63, 3.8) is 0 Å². The third-order valence-corrected chi connectivity index (χ3v) is 4.15. The van der Waals surface area contributed by atoms with Crippen molar-refractivity contribution in [2.24, 2.45) is 11.8 Å². The predicted octanol–water partition coefficient (Wildman–Crippen LogP) is 3.73. The molecule has 0 saturated carbocycles. The molecule has 2 atom stereocenters. The van der Waals surface area contributed by atoms with E-state index in [9.17, 15) is 19.7 Å². The molecular formula is C17H20BrNO5. The van der Waals surface area contributed by atoms with Crippen LogP contribution in [0.15, 0.2) is 40.5 Å². The van der Waals surface area contributed by atoms with E-state index in [4.69, 9.17) is 4.74 Å². The molecular weight excluding hydrogens is 378 g/mol. The van der Waals surface area contributed by atoms with Crippen molar-refractivity contribution in [2.75, 3.05) is 6.61 Å². The van der Waals surface area contributed by atoms with Crippen LogP contribution in [0.2, 0.25) is 0 Å². The molecule has 0 radical (unpaired) electrons. The zero-order chi connectivity index (χ0) is 18.3. The van der Waals surface area contributed by atoms with Crippen LogP contribution in [0.4, 0.5) is 0 Å². The maximum atomic E-state index is 11.7. The van der Waals surface area contributed by atoms with Crippen molar-refractivity contribution >= 4 is 28.2 Å². The summed E-state index contributed by atoms with van der Waals surface area (Å²) in [4.78, 5) is 34.3. The number of hydrogen-bond acceptors (Lipinski definition) is 5. The molecule has 0 spiro atoms. The highest BCUT2D eigenvalue weighted by molar-refractivity contribution is 9.10. The lowest BCUT2D eigenvalue weighted by atomic mass is 9.78. The topological polar surface area (TPSA) is 86.5 Å². The van der Waals surface area contributed by atoms with Gasteiger partial charge in [-0.1, -0.05) is 41.9 Å². The van der Waals surface area contributed by atoms with Crippen molar-refractivity contribution in [1.29, 1.82) is 0 Å². The minimum Gasteiger partial charge on any atom is -0.463 e. The van der Waals surface area contributed by atoms with Gasteiger partial charge in [0.05, 0.1) is 23.5 Å². The van der Waals surface area contributed by atoms with E-state index in [1.807, 2.05) is 13.8 Å². The van der Waals surface area contributed by atoms with Crippen molar-refractivity contribution in [3.05, 3.63) is 56.2 Å². The third-order valence-electron chi connectivity index (χ3n) is 3.62. The number of halogens is 1. The molecule has 0 aliphatic heterocycles. The van der Waals surface area contributed by atoms with Crippen molar-refractivity contribution in [2.45, 2.75) is 26.7 Å². The first-order valence-electron chi connectivity index (χ1n) is 7.55. The summed E-state index contributed by atoms with van der Waals surface area (Å²) >= 11 is 3.31. The number of nitrogens with zero attached hydrogens (tertiary/aromatic N) is 1. The molecule has 0 bridgehead atoms. The Morgan fingerprint density at radius 3 is 2.33 bits per heavy atom. The standard InChI is InChI=1S/C17H20BrNO5/c1-4-24-16(21)9-15(19(22)23)17(14(10-20)11(2)3)12-5-7-13(18)8-6-12/h5-11,14,17H,4H2,1-3H3/b15-9-/t14-,17-/m1/s1. The Kier molecular flexibility index (Phi) is 7.78. The van der Waals surface area contributed by atoms with E-state index >= 15 is 0 Å². The van der Waals surface area contributed by atoms with Gasteiger partial charge < -0.3 is 9.53 Å². The predicted molar refractivity (Wildman–Crippen MR) is 93.0 cm³/mol. The van der Waals surface area contributed by atoms with E-state index in [2.05, 4.69) is 15.9 Å². The number of rotatable bonds is 8. The fourth-order valence-corrected chi connectivity index (χ4v) is 2.71. The van der Waals surface area contributed by atoms with Crippen LogP contribution in [-0.2, 0) is 14.3 Å². The average Bonchev–Trinajstić information content (AvgIpc) is 2.51. The molecule has 0 aliphatic rings. The highest BCUT2D eigenvalue weighted by Gasteiger charge is 2.36. The lowest BCUT2D eigenvalue weighted by molar-refractivity contribution is -0.431. The molecule has 7 heteroatoms. The number of nitro groups is 1. The maximum absolute atomic E-state index is 11.7. The number of allylic oxidation sites excluding steroid dienone is 1. The van der Waals surface area contributed by atoms with Crippen LogP contribution < -0.4 is 0 Å². The molecule has 130 valence electrons. The van der Waals surface area contributed by atoms with Crippen LogP contribution in [0.3, 0.4) is 0 Å². The Bertz CT molecular complexity index is 624. The number of aldehydes is 1. The number of hydrogen-bond donors (Lipinski definition) is 0. The lowest BCUT2D eigenvalue weighted by Gasteiger charge is -2.24. The Hall–Kier alpha value is -2.02. The van der Waals surface area contributed by atoms with Crippen LogP contribution in [0.25, 0.3) is 0 Å². The van der Waals surface area contributed by atoms with Gasteiger partial charge in [0.2, 0.25) is 0 Å². The van der Waals surface area contributed by atoms with Gasteiger partial charge in [-0.25, -0.2) is 4.79 Å². The average molecular weight is 398 g/mol. The number of ether oxygens (including phenoxy) is 1. The second kappa shape index (κ2) is 9.32. The van der Waals surface area contributed by atoms with Gasteiger partial charge in [0.15, 0.2) is 0 Å². The van der Waals surface area contributed by atoms with Crippen molar-refractivity contribution in [3.8, 4) is 0 Å². The molecule has 1 aromatic carbocycles. The monoisotopic (exact) mass is 397 g/mol. The van der Waals surface area contributed by atoms with Gasteiger partial charge in [0.25, 0.3) is 5.70 Å². The number of benzene rings is 1. The molecule has 0 saturated heterocycles. The van der Waals surface area contributed by atoms with Gasteiger partial charge in [0, 0.05) is 10.4 Å². The van der Waals surface area contributed by atoms with Crippen LogP contribution in [0.5, 0.6) is 0 Å². The largest absolute Gasteiger partial charge is 0.463 e. The van der Waals surface area contributed by atoms with Crippen LogP contribution >= 0.6 is 15.9 Å². The SMILES string of the molecule is CCOC(=O)/C=C(/[C@H](c1ccc(Br)cc1)[C@H](C=O)C(C)C)[N+](=O)[O-]. The maximum Gasteiger partial charge on any atom is 0.337 e. The Morgan fingerprint density at radius 1 is 1.33 bits per heavy atom. The fourth-order valence-electron chi connectivity index (χ4n) is 2.44. The summed E-state index contributed by atoms with van der Waals surface area (Å²) in [5.41, 5.74) is 0.248. The molecule has 1 aromatic rings. The molecule has 24 heavy (non-hydrogen) atoms. The van der Waals surface area contributed by atoms with Crippen LogP contribution in [0.1, 0.15) is 32.3 Å². The molecule has 0 amide bonds. The van der Waals surface area contributed by atoms with E-state index in [0.717, 1.165) is 10.5 Å².